The van der Waals surface area contributed by atoms with Crippen molar-refractivity contribution in [3.05, 3.63) is 53.7 Å². The summed E-state index contributed by atoms with van der Waals surface area (Å²) in [6, 6.07) is 9.77. The smallest absolute Gasteiger partial charge is 0.338 e. The molecule has 0 N–H and O–H groups in total. The van der Waals surface area contributed by atoms with Crippen molar-refractivity contribution >= 4 is 11.8 Å². The van der Waals surface area contributed by atoms with E-state index in [4.69, 9.17) is 9.47 Å². The van der Waals surface area contributed by atoms with Crippen LogP contribution in [0.1, 0.15) is 34.6 Å². The number of carbonyl (C=O) groups is 2. The Balaban J connectivity index is 2.14. The van der Waals surface area contributed by atoms with Gasteiger partial charge in [0.2, 0.25) is 5.88 Å². The number of benzene rings is 1. The molecule has 0 saturated carbocycles. The standard InChI is InChI=1S/C16H15NO4/c1-3-20-16(19)13-8-9-17-15(10-13)21-14-6-4-12(5-7-14)11(2)18/h4-10H,3H2,1-2H3. The topological polar surface area (TPSA) is 65.5 Å². The molecule has 0 atom stereocenters. The molecule has 21 heavy (non-hydrogen) atoms. The molecule has 1 aromatic heterocycles. The van der Waals surface area contributed by atoms with Crippen LogP contribution in [0.5, 0.6) is 11.6 Å². The Morgan fingerprint density at radius 2 is 1.81 bits per heavy atom. The molecule has 0 aliphatic carbocycles. The summed E-state index contributed by atoms with van der Waals surface area (Å²) in [6.45, 7) is 3.55. The van der Waals surface area contributed by atoms with Gasteiger partial charge in [-0.05, 0) is 44.2 Å². The Kier molecular flexibility index (Phi) is 4.66. The third-order valence-electron chi connectivity index (χ3n) is 2.73. The fraction of sp³-hybridized carbons (Fsp3) is 0.188. The lowest BCUT2D eigenvalue weighted by Gasteiger charge is -2.07. The van der Waals surface area contributed by atoms with Gasteiger partial charge in [0.15, 0.2) is 5.78 Å². The SMILES string of the molecule is CCOC(=O)c1ccnc(Oc2ccc(C(C)=O)cc2)c1. The first kappa shape index (κ1) is 14.7. The fourth-order valence-electron chi connectivity index (χ4n) is 1.69. The second-order valence-corrected chi connectivity index (χ2v) is 4.29. The van der Waals surface area contributed by atoms with Crippen molar-refractivity contribution in [2.45, 2.75) is 13.8 Å². The molecule has 0 radical (unpaired) electrons. The zero-order valence-corrected chi connectivity index (χ0v) is 11.8. The van der Waals surface area contributed by atoms with E-state index in [9.17, 15) is 9.59 Å². The Bertz CT molecular complexity index is 650. The number of rotatable bonds is 5. The molecule has 5 nitrogen and oxygen atoms in total. The van der Waals surface area contributed by atoms with E-state index in [2.05, 4.69) is 4.98 Å². The third kappa shape index (κ3) is 3.89. The van der Waals surface area contributed by atoms with Gasteiger partial charge in [-0.3, -0.25) is 4.79 Å². The van der Waals surface area contributed by atoms with Crippen LogP contribution in [0.3, 0.4) is 0 Å². The van der Waals surface area contributed by atoms with Crippen LogP contribution >= 0.6 is 0 Å². The molecule has 0 fully saturated rings. The van der Waals surface area contributed by atoms with Gasteiger partial charge >= 0.3 is 5.97 Å². The zero-order valence-electron chi connectivity index (χ0n) is 11.8. The highest BCUT2D eigenvalue weighted by Gasteiger charge is 2.09. The number of nitrogens with zero attached hydrogens (tertiary/aromatic N) is 1. The number of Topliss-reactive ketones (excluding diaryl/α,β-unsaturated/α-hetero) is 1. The predicted octanol–water partition coefficient (Wildman–Crippen LogP) is 3.25. The molecule has 0 spiro atoms. The summed E-state index contributed by atoms with van der Waals surface area (Å²) in [5, 5.41) is 0. The van der Waals surface area contributed by atoms with Gasteiger partial charge in [-0.15, -0.1) is 0 Å². The van der Waals surface area contributed by atoms with E-state index in [0.717, 1.165) is 0 Å². The number of carbonyl (C=O) groups excluding carboxylic acids is 2. The lowest BCUT2D eigenvalue weighted by molar-refractivity contribution is 0.0525. The molecule has 0 aliphatic heterocycles. The van der Waals surface area contributed by atoms with Crippen molar-refractivity contribution in [2.24, 2.45) is 0 Å². The van der Waals surface area contributed by atoms with Gasteiger partial charge in [-0.25, -0.2) is 9.78 Å². The molecular formula is C16H15NO4. The minimum atomic E-state index is -0.420. The quantitative estimate of drug-likeness (QED) is 0.623. The molecule has 0 saturated heterocycles. The van der Waals surface area contributed by atoms with Gasteiger partial charge in [0, 0.05) is 17.8 Å². The zero-order chi connectivity index (χ0) is 15.2. The van der Waals surface area contributed by atoms with Crippen molar-refractivity contribution in [1.29, 1.82) is 0 Å². The second-order valence-electron chi connectivity index (χ2n) is 4.29. The van der Waals surface area contributed by atoms with Gasteiger partial charge in [-0.1, -0.05) is 0 Å². The Hall–Kier alpha value is -2.69. The summed E-state index contributed by atoms with van der Waals surface area (Å²) in [5.74, 6) is 0.394. The summed E-state index contributed by atoms with van der Waals surface area (Å²) >= 11 is 0. The summed E-state index contributed by atoms with van der Waals surface area (Å²) in [6.07, 6.45) is 1.48. The summed E-state index contributed by atoms with van der Waals surface area (Å²) < 4.78 is 10.5. The van der Waals surface area contributed by atoms with E-state index in [1.54, 1.807) is 37.3 Å². The number of hydrogen-bond acceptors (Lipinski definition) is 5. The van der Waals surface area contributed by atoms with Gasteiger partial charge in [-0.2, -0.15) is 0 Å². The van der Waals surface area contributed by atoms with Crippen molar-refractivity contribution in [3.63, 3.8) is 0 Å². The van der Waals surface area contributed by atoms with Crippen molar-refractivity contribution < 1.29 is 19.1 Å². The maximum Gasteiger partial charge on any atom is 0.338 e. The molecule has 5 heteroatoms. The molecule has 108 valence electrons. The van der Waals surface area contributed by atoms with Crippen LogP contribution in [0, 0.1) is 0 Å². The van der Waals surface area contributed by atoms with Crippen LogP contribution in [-0.2, 0) is 4.74 Å². The van der Waals surface area contributed by atoms with E-state index in [1.807, 2.05) is 0 Å². The van der Waals surface area contributed by atoms with Crippen LogP contribution in [0.2, 0.25) is 0 Å². The highest BCUT2D eigenvalue weighted by atomic mass is 16.5. The number of esters is 1. The molecule has 0 unspecified atom stereocenters. The predicted molar refractivity (Wildman–Crippen MR) is 76.7 cm³/mol. The lowest BCUT2D eigenvalue weighted by atomic mass is 10.1. The Labute approximate surface area is 122 Å². The molecule has 2 rings (SSSR count). The second kappa shape index (κ2) is 6.65. The highest BCUT2D eigenvalue weighted by Crippen LogP contribution is 2.21. The number of ketones is 1. The van der Waals surface area contributed by atoms with Crippen LogP contribution < -0.4 is 4.74 Å². The lowest BCUT2D eigenvalue weighted by Crippen LogP contribution is -2.05. The number of hydrogen-bond donors (Lipinski definition) is 0. The van der Waals surface area contributed by atoms with Crippen molar-refractivity contribution in [1.82, 2.24) is 4.98 Å². The molecular weight excluding hydrogens is 270 g/mol. The van der Waals surface area contributed by atoms with E-state index < -0.39 is 5.97 Å². The first-order chi connectivity index (χ1) is 10.1. The van der Waals surface area contributed by atoms with Gasteiger partial charge in [0.05, 0.1) is 12.2 Å². The molecule has 0 amide bonds. The first-order valence-corrected chi connectivity index (χ1v) is 6.52. The van der Waals surface area contributed by atoms with Crippen LogP contribution in [0.4, 0.5) is 0 Å². The number of aromatic nitrogens is 1. The largest absolute Gasteiger partial charge is 0.462 e. The van der Waals surface area contributed by atoms with Gasteiger partial charge in [0.25, 0.3) is 0 Å². The number of ether oxygens (including phenoxy) is 2. The van der Waals surface area contributed by atoms with Crippen molar-refractivity contribution in [3.8, 4) is 11.6 Å². The maximum atomic E-state index is 11.6. The number of pyridine rings is 1. The summed E-state index contributed by atoms with van der Waals surface area (Å²) in [4.78, 5) is 26.9. The third-order valence-corrected chi connectivity index (χ3v) is 2.73. The Morgan fingerprint density at radius 3 is 2.43 bits per heavy atom. The summed E-state index contributed by atoms with van der Waals surface area (Å²) in [5.41, 5.74) is 0.984. The van der Waals surface area contributed by atoms with E-state index >= 15 is 0 Å². The van der Waals surface area contributed by atoms with E-state index in [1.165, 1.54) is 19.2 Å². The maximum absolute atomic E-state index is 11.6. The van der Waals surface area contributed by atoms with Crippen LogP contribution in [0.25, 0.3) is 0 Å². The molecule has 2 aromatic rings. The van der Waals surface area contributed by atoms with E-state index in [-0.39, 0.29) is 11.7 Å². The van der Waals surface area contributed by atoms with E-state index in [0.29, 0.717) is 23.5 Å². The molecule has 0 aliphatic rings. The monoisotopic (exact) mass is 285 g/mol. The minimum Gasteiger partial charge on any atom is -0.462 e. The first-order valence-electron chi connectivity index (χ1n) is 6.52. The molecule has 1 aromatic carbocycles. The normalized spacial score (nSPS) is 10.0. The molecule has 0 bridgehead atoms. The molecule has 1 heterocycles. The summed E-state index contributed by atoms with van der Waals surface area (Å²) in [7, 11) is 0. The van der Waals surface area contributed by atoms with Gasteiger partial charge < -0.3 is 9.47 Å². The van der Waals surface area contributed by atoms with Gasteiger partial charge in [0.1, 0.15) is 5.75 Å². The average Bonchev–Trinajstić information content (AvgIpc) is 2.48. The average molecular weight is 285 g/mol. The van der Waals surface area contributed by atoms with Crippen LogP contribution in [-0.4, -0.2) is 23.3 Å². The highest BCUT2D eigenvalue weighted by molar-refractivity contribution is 5.94. The fourth-order valence-corrected chi connectivity index (χ4v) is 1.69. The van der Waals surface area contributed by atoms with Crippen LogP contribution in [0.15, 0.2) is 42.6 Å². The van der Waals surface area contributed by atoms with Crippen molar-refractivity contribution in [2.75, 3.05) is 6.61 Å². The Morgan fingerprint density at radius 1 is 1.10 bits per heavy atom. The minimum absolute atomic E-state index is 0.0102.